The van der Waals surface area contributed by atoms with E-state index in [0.29, 0.717) is 11.3 Å². The topological polar surface area (TPSA) is 0 Å². The molecule has 0 spiro atoms. The molecule has 2 heteroatoms. The molecule has 1 unspecified atom stereocenters. The Labute approximate surface area is 323 Å². The summed E-state index contributed by atoms with van der Waals surface area (Å²) in [5, 5.41) is 11.1. The van der Waals surface area contributed by atoms with Crippen LogP contribution in [0.1, 0.15) is 75.1 Å². The van der Waals surface area contributed by atoms with Gasteiger partial charge in [0.15, 0.2) is 0 Å². The summed E-state index contributed by atoms with van der Waals surface area (Å²) < 4.78 is 0. The van der Waals surface area contributed by atoms with Crippen LogP contribution >= 0.6 is 15.8 Å². The van der Waals surface area contributed by atoms with Gasteiger partial charge in [-0.05, 0) is 110 Å². The molecule has 2 aliphatic rings. The molecule has 0 fully saturated rings. The lowest BCUT2D eigenvalue weighted by Gasteiger charge is -2.48. The van der Waals surface area contributed by atoms with E-state index in [0.717, 1.165) is 12.3 Å². The van der Waals surface area contributed by atoms with Crippen molar-refractivity contribution in [2.45, 2.75) is 75.5 Å². The third-order valence-corrected chi connectivity index (χ3v) is 20.0. The largest absolute Gasteiger partial charge is 0.0880 e. The van der Waals surface area contributed by atoms with Crippen molar-refractivity contribution in [3.05, 3.63) is 168 Å². The maximum absolute atomic E-state index is 2.59. The monoisotopic (exact) mass is 734 g/mol. The van der Waals surface area contributed by atoms with Crippen molar-refractivity contribution >= 4 is 58.9 Å². The van der Waals surface area contributed by atoms with Crippen LogP contribution < -0.4 is 0 Å². The molecule has 0 nitrogen and oxygen atoms in total. The summed E-state index contributed by atoms with van der Waals surface area (Å²) in [5.74, 6) is 0. The van der Waals surface area contributed by atoms with E-state index in [1.165, 1.54) is 76.5 Å². The van der Waals surface area contributed by atoms with Gasteiger partial charge in [0, 0.05) is 11.3 Å². The van der Waals surface area contributed by atoms with Crippen molar-refractivity contribution in [3.8, 4) is 22.3 Å². The van der Waals surface area contributed by atoms with E-state index < -0.39 is 15.8 Å². The molecule has 0 aliphatic carbocycles. The van der Waals surface area contributed by atoms with Crippen LogP contribution in [0.25, 0.3) is 65.3 Å². The van der Waals surface area contributed by atoms with Gasteiger partial charge in [-0.2, -0.15) is 0 Å². The SMILES string of the molecule is CC(C)(C)[P@@]1Cc2ccc3ccccc3c2-c2c(ccc3ccccc23)C1[C@@H]1c2ccc3ccccc3c2-c2c(ccc3ccccc23)C[P@]1C(C)(C)C. The van der Waals surface area contributed by atoms with E-state index in [1.54, 1.807) is 11.1 Å². The van der Waals surface area contributed by atoms with E-state index in [1.807, 2.05) is 0 Å². The first-order chi connectivity index (χ1) is 26.1. The zero-order valence-electron chi connectivity index (χ0n) is 32.3. The van der Waals surface area contributed by atoms with Crippen LogP contribution in [0.5, 0.6) is 0 Å². The molecule has 10 rings (SSSR count). The predicted molar refractivity (Wildman–Crippen MR) is 240 cm³/mol. The Morgan fingerprint density at radius 3 is 0.981 bits per heavy atom. The van der Waals surface area contributed by atoms with Gasteiger partial charge in [0.2, 0.25) is 0 Å². The van der Waals surface area contributed by atoms with Crippen LogP contribution in [0.3, 0.4) is 0 Å². The molecule has 0 bridgehead atoms. The predicted octanol–water partition coefficient (Wildman–Crippen LogP) is 16.0. The number of hydrogen-bond acceptors (Lipinski definition) is 0. The van der Waals surface area contributed by atoms with Gasteiger partial charge in [0.25, 0.3) is 0 Å². The van der Waals surface area contributed by atoms with E-state index in [4.69, 9.17) is 0 Å². The average molecular weight is 735 g/mol. The van der Waals surface area contributed by atoms with Gasteiger partial charge in [0.1, 0.15) is 0 Å². The quantitative estimate of drug-likeness (QED) is 0.147. The second-order valence-corrected chi connectivity index (χ2v) is 23.9. The first-order valence-electron chi connectivity index (χ1n) is 19.7. The van der Waals surface area contributed by atoms with Crippen LogP contribution in [0.2, 0.25) is 0 Å². The van der Waals surface area contributed by atoms with Crippen LogP contribution in [0.15, 0.2) is 146 Å². The Morgan fingerprint density at radius 2 is 0.648 bits per heavy atom. The van der Waals surface area contributed by atoms with E-state index in [9.17, 15) is 0 Å². The highest BCUT2D eigenvalue weighted by atomic mass is 31.1. The van der Waals surface area contributed by atoms with Gasteiger partial charge in [-0.1, -0.05) is 203 Å². The van der Waals surface area contributed by atoms with Crippen molar-refractivity contribution < 1.29 is 0 Å². The number of fused-ring (bicyclic) bond motifs is 14. The molecule has 0 amide bonds. The van der Waals surface area contributed by atoms with Crippen LogP contribution in [-0.4, -0.2) is 10.3 Å². The van der Waals surface area contributed by atoms with E-state index in [-0.39, 0.29) is 10.3 Å². The molecule has 4 atom stereocenters. The van der Waals surface area contributed by atoms with Crippen molar-refractivity contribution in [1.82, 2.24) is 0 Å². The Kier molecular flexibility index (Phi) is 7.97. The molecule has 0 aromatic heterocycles. The second kappa shape index (κ2) is 12.6. The minimum absolute atomic E-state index is 0.123. The summed E-state index contributed by atoms with van der Waals surface area (Å²) in [6, 6.07) is 56.5. The molecule has 266 valence electrons. The first-order valence-corrected chi connectivity index (χ1v) is 22.9. The molecule has 0 saturated heterocycles. The number of rotatable bonds is 1. The minimum atomic E-state index is -0.557. The maximum Gasteiger partial charge on any atom is 0.0165 e. The fraction of sp³-hybridized carbons (Fsp3) is 0.231. The minimum Gasteiger partial charge on any atom is -0.0880 e. The number of benzene rings is 8. The van der Waals surface area contributed by atoms with Gasteiger partial charge in [-0.15, -0.1) is 0 Å². The first kappa shape index (κ1) is 34.2. The van der Waals surface area contributed by atoms with E-state index in [2.05, 4.69) is 187 Å². The lowest BCUT2D eigenvalue weighted by atomic mass is 9.83. The standard InChI is InChI=1S/C52H48P2/c1-51(2,3)53-31-37-25-23-33-15-7-11-19-39(33)45(37)47-41-21-13-9-17-35(41)27-29-43(47)49(53)50-44-30-28-36-18-10-14-22-42(36)48(44)46-38(32-54(50)52(4,5)6)26-24-34-16-8-12-20-40(34)46/h7-30,49-50H,31-32H2,1-6H3/t49-,50?,53-,54-/m0/s1. The molecular formula is C52H48P2. The Morgan fingerprint density at radius 1 is 0.352 bits per heavy atom. The molecule has 2 heterocycles. The summed E-state index contributed by atoms with van der Waals surface area (Å²) in [6.45, 7) is 15.3. The van der Waals surface area contributed by atoms with Gasteiger partial charge < -0.3 is 0 Å². The fourth-order valence-electron chi connectivity index (χ4n) is 10.0. The van der Waals surface area contributed by atoms with Gasteiger partial charge >= 0.3 is 0 Å². The fourth-order valence-corrected chi connectivity index (χ4v) is 17.3. The van der Waals surface area contributed by atoms with Gasteiger partial charge in [0.05, 0.1) is 0 Å². The van der Waals surface area contributed by atoms with E-state index >= 15 is 0 Å². The van der Waals surface area contributed by atoms with Crippen LogP contribution in [0, 0.1) is 0 Å². The Hall–Kier alpha value is -4.34. The lowest BCUT2D eigenvalue weighted by molar-refractivity contribution is 0.723. The zero-order chi connectivity index (χ0) is 36.9. The molecule has 2 aliphatic heterocycles. The summed E-state index contributed by atoms with van der Waals surface area (Å²) >= 11 is 0. The van der Waals surface area contributed by atoms with Crippen molar-refractivity contribution in [1.29, 1.82) is 0 Å². The molecule has 8 aromatic rings. The summed E-state index contributed by atoms with van der Waals surface area (Å²) in [5.41, 5.74) is 12.8. The molecule has 0 saturated carbocycles. The highest BCUT2D eigenvalue weighted by molar-refractivity contribution is 7.63. The third-order valence-electron chi connectivity index (χ3n) is 12.5. The summed E-state index contributed by atoms with van der Waals surface area (Å²) in [6.07, 6.45) is 2.24. The highest BCUT2D eigenvalue weighted by Gasteiger charge is 2.48. The van der Waals surface area contributed by atoms with Crippen LogP contribution in [-0.2, 0) is 12.3 Å². The zero-order valence-corrected chi connectivity index (χ0v) is 34.1. The molecule has 54 heavy (non-hydrogen) atoms. The molecule has 0 N–H and O–H groups in total. The maximum atomic E-state index is 2.59. The molecule has 0 radical (unpaired) electrons. The lowest BCUT2D eigenvalue weighted by Crippen LogP contribution is -2.25. The van der Waals surface area contributed by atoms with Gasteiger partial charge in [-0.3, -0.25) is 0 Å². The summed E-state index contributed by atoms with van der Waals surface area (Å²) in [4.78, 5) is 0. The molecular weight excluding hydrogens is 687 g/mol. The second-order valence-electron chi connectivity index (χ2n) is 17.6. The molecule has 8 aromatic carbocycles. The van der Waals surface area contributed by atoms with Crippen molar-refractivity contribution in [3.63, 3.8) is 0 Å². The van der Waals surface area contributed by atoms with Gasteiger partial charge in [-0.25, -0.2) is 0 Å². The highest BCUT2D eigenvalue weighted by Crippen LogP contribution is 2.79. The average Bonchev–Trinajstić information content (AvgIpc) is 3.43. The normalized spacial score (nSPS) is 19.9. The van der Waals surface area contributed by atoms with Crippen molar-refractivity contribution in [2.24, 2.45) is 0 Å². The van der Waals surface area contributed by atoms with Crippen molar-refractivity contribution in [2.75, 3.05) is 0 Å². The Bertz CT molecular complexity index is 2580. The number of hydrogen-bond donors (Lipinski definition) is 0. The Balaban J connectivity index is 1.38. The third kappa shape index (κ3) is 5.32. The summed E-state index contributed by atoms with van der Waals surface area (Å²) in [7, 11) is -1.11. The smallest absolute Gasteiger partial charge is 0.0165 e. The van der Waals surface area contributed by atoms with Crippen LogP contribution in [0.4, 0.5) is 0 Å².